The van der Waals surface area contributed by atoms with Crippen molar-refractivity contribution in [3.8, 4) is 5.75 Å². The highest BCUT2D eigenvalue weighted by atomic mass is 35.5. The van der Waals surface area contributed by atoms with Crippen molar-refractivity contribution < 1.29 is 14.3 Å². The first-order valence-corrected chi connectivity index (χ1v) is 12.0. The zero-order valence-corrected chi connectivity index (χ0v) is 19.9. The molecule has 2 aromatic rings. The molecule has 32 heavy (non-hydrogen) atoms. The van der Waals surface area contributed by atoms with E-state index in [1.165, 1.54) is 35.9 Å². The van der Waals surface area contributed by atoms with E-state index in [0.29, 0.717) is 28.2 Å². The zero-order valence-electron chi connectivity index (χ0n) is 18.3. The van der Waals surface area contributed by atoms with Gasteiger partial charge < -0.3 is 10.1 Å². The van der Waals surface area contributed by atoms with Crippen LogP contribution in [-0.4, -0.2) is 40.8 Å². The van der Waals surface area contributed by atoms with Gasteiger partial charge in [-0.1, -0.05) is 55.6 Å². The number of unbranched alkanes of at least 4 members (excludes halogenated alkanes) is 3. The molecule has 1 atom stereocenters. The van der Waals surface area contributed by atoms with Gasteiger partial charge >= 0.3 is 0 Å². The third-order valence-corrected chi connectivity index (χ3v) is 6.41. The number of ether oxygens (including phenoxy) is 1. The zero-order chi connectivity index (χ0) is 22.9. The number of benzene rings is 2. The minimum atomic E-state index is -0.510. The Bertz CT molecular complexity index is 965. The summed E-state index contributed by atoms with van der Waals surface area (Å²) in [7, 11) is 1.66. The lowest BCUT2D eigenvalue weighted by Crippen LogP contribution is -2.30. The van der Waals surface area contributed by atoms with Crippen molar-refractivity contribution in [1.82, 2.24) is 4.90 Å². The molecule has 0 spiro atoms. The SMILES string of the molecule is CCCCCCOc1ccc(NC(=O)C[C@@H]2SC(=Nc3cccc(Cl)c3)N(C)C2=O)cc1. The summed E-state index contributed by atoms with van der Waals surface area (Å²) in [5.74, 6) is 0.420. The van der Waals surface area contributed by atoms with E-state index >= 15 is 0 Å². The quantitative estimate of drug-likeness (QED) is 0.437. The van der Waals surface area contributed by atoms with Crippen LogP contribution in [0.2, 0.25) is 5.02 Å². The smallest absolute Gasteiger partial charge is 0.242 e. The molecule has 1 fully saturated rings. The number of nitrogens with one attached hydrogen (secondary N) is 1. The maximum atomic E-state index is 12.6. The monoisotopic (exact) mass is 473 g/mol. The number of aliphatic imine (C=N–C) groups is 1. The first-order chi connectivity index (χ1) is 15.5. The Hall–Kier alpha value is -2.51. The summed E-state index contributed by atoms with van der Waals surface area (Å²) in [5, 5.41) is 3.47. The number of rotatable bonds is 10. The fourth-order valence-corrected chi connectivity index (χ4v) is 4.53. The Morgan fingerprint density at radius 3 is 2.69 bits per heavy atom. The lowest BCUT2D eigenvalue weighted by atomic mass is 10.2. The molecule has 2 aromatic carbocycles. The van der Waals surface area contributed by atoms with Gasteiger partial charge in [-0.2, -0.15) is 0 Å². The highest BCUT2D eigenvalue weighted by Gasteiger charge is 2.37. The van der Waals surface area contributed by atoms with Gasteiger partial charge in [-0.15, -0.1) is 0 Å². The van der Waals surface area contributed by atoms with Crippen molar-refractivity contribution in [3.63, 3.8) is 0 Å². The fraction of sp³-hybridized carbons (Fsp3) is 0.375. The molecule has 0 aliphatic carbocycles. The second-order valence-corrected chi connectivity index (χ2v) is 9.17. The number of hydrogen-bond acceptors (Lipinski definition) is 5. The fourth-order valence-electron chi connectivity index (χ4n) is 3.19. The van der Waals surface area contributed by atoms with Crippen molar-refractivity contribution in [3.05, 3.63) is 53.6 Å². The molecule has 0 bridgehead atoms. The predicted molar refractivity (Wildman–Crippen MR) is 132 cm³/mol. The Kier molecular flexibility index (Phi) is 9.00. The molecule has 8 heteroatoms. The molecule has 1 heterocycles. The maximum Gasteiger partial charge on any atom is 0.242 e. The third kappa shape index (κ3) is 7.00. The van der Waals surface area contributed by atoms with Crippen LogP contribution < -0.4 is 10.1 Å². The minimum absolute atomic E-state index is 0.0675. The number of thioether (sulfide) groups is 1. The van der Waals surface area contributed by atoms with Gasteiger partial charge in [0.2, 0.25) is 11.8 Å². The Labute approximate surface area is 198 Å². The summed E-state index contributed by atoms with van der Waals surface area (Å²) >= 11 is 7.29. The van der Waals surface area contributed by atoms with Gasteiger partial charge in [0, 0.05) is 24.2 Å². The van der Waals surface area contributed by atoms with Gasteiger partial charge in [0.25, 0.3) is 0 Å². The largest absolute Gasteiger partial charge is 0.494 e. The van der Waals surface area contributed by atoms with Crippen LogP contribution in [-0.2, 0) is 9.59 Å². The van der Waals surface area contributed by atoms with Gasteiger partial charge in [0.05, 0.1) is 12.3 Å². The second kappa shape index (κ2) is 11.9. The van der Waals surface area contributed by atoms with E-state index in [1.54, 1.807) is 37.4 Å². The van der Waals surface area contributed by atoms with Gasteiger partial charge in [0.1, 0.15) is 11.0 Å². The molecule has 0 unspecified atom stereocenters. The average molecular weight is 474 g/mol. The number of carbonyl (C=O) groups is 2. The molecular formula is C24H28ClN3O3S. The van der Waals surface area contributed by atoms with Crippen LogP contribution in [0.15, 0.2) is 53.5 Å². The van der Waals surface area contributed by atoms with Gasteiger partial charge in [-0.3, -0.25) is 14.5 Å². The van der Waals surface area contributed by atoms with E-state index < -0.39 is 5.25 Å². The van der Waals surface area contributed by atoms with E-state index in [4.69, 9.17) is 16.3 Å². The van der Waals surface area contributed by atoms with E-state index in [0.717, 1.165) is 12.2 Å². The van der Waals surface area contributed by atoms with Crippen LogP contribution >= 0.6 is 23.4 Å². The molecule has 0 aromatic heterocycles. The number of hydrogen-bond donors (Lipinski definition) is 1. The molecule has 1 saturated heterocycles. The molecule has 6 nitrogen and oxygen atoms in total. The van der Waals surface area contributed by atoms with Crippen LogP contribution in [0, 0.1) is 0 Å². The Morgan fingerprint density at radius 2 is 1.97 bits per heavy atom. The summed E-state index contributed by atoms with van der Waals surface area (Å²) in [6.07, 6.45) is 4.70. The molecule has 0 saturated carbocycles. The highest BCUT2D eigenvalue weighted by molar-refractivity contribution is 8.15. The number of carbonyl (C=O) groups excluding carboxylic acids is 2. The molecule has 1 aliphatic rings. The Balaban J connectivity index is 1.50. The summed E-state index contributed by atoms with van der Waals surface area (Å²) in [5.41, 5.74) is 1.34. The van der Waals surface area contributed by atoms with Crippen LogP contribution in [0.25, 0.3) is 0 Å². The highest BCUT2D eigenvalue weighted by Crippen LogP contribution is 2.31. The molecule has 1 aliphatic heterocycles. The van der Waals surface area contributed by atoms with Gasteiger partial charge in [0.15, 0.2) is 5.17 Å². The summed E-state index contributed by atoms with van der Waals surface area (Å²) in [6, 6.07) is 14.4. The molecule has 170 valence electrons. The minimum Gasteiger partial charge on any atom is -0.494 e. The van der Waals surface area contributed by atoms with E-state index in [2.05, 4.69) is 17.2 Å². The van der Waals surface area contributed by atoms with Crippen molar-refractivity contribution >= 4 is 51.7 Å². The van der Waals surface area contributed by atoms with Crippen LogP contribution in [0.4, 0.5) is 11.4 Å². The third-order valence-electron chi connectivity index (χ3n) is 4.95. The first-order valence-electron chi connectivity index (χ1n) is 10.8. The number of nitrogens with zero attached hydrogens (tertiary/aromatic N) is 2. The normalized spacial score (nSPS) is 17.1. The average Bonchev–Trinajstić information content (AvgIpc) is 3.02. The first kappa shape index (κ1) is 24.1. The summed E-state index contributed by atoms with van der Waals surface area (Å²) in [4.78, 5) is 31.1. The van der Waals surface area contributed by atoms with Crippen LogP contribution in [0.1, 0.15) is 39.0 Å². The molecule has 3 rings (SSSR count). The van der Waals surface area contributed by atoms with Crippen molar-refractivity contribution in [2.24, 2.45) is 4.99 Å². The second-order valence-electron chi connectivity index (χ2n) is 7.56. The number of amides is 2. The summed E-state index contributed by atoms with van der Waals surface area (Å²) in [6.45, 7) is 2.88. The van der Waals surface area contributed by atoms with Crippen molar-refractivity contribution in [1.29, 1.82) is 0 Å². The number of amidine groups is 1. The molecule has 2 amide bonds. The van der Waals surface area contributed by atoms with E-state index in [1.807, 2.05) is 18.2 Å². The number of halogens is 1. The van der Waals surface area contributed by atoms with Gasteiger partial charge in [-0.05, 0) is 48.9 Å². The van der Waals surface area contributed by atoms with E-state index in [9.17, 15) is 9.59 Å². The van der Waals surface area contributed by atoms with Crippen LogP contribution in [0.3, 0.4) is 0 Å². The van der Waals surface area contributed by atoms with Gasteiger partial charge in [-0.25, -0.2) is 4.99 Å². The Morgan fingerprint density at radius 1 is 1.19 bits per heavy atom. The summed E-state index contributed by atoms with van der Waals surface area (Å²) < 4.78 is 5.73. The molecular weight excluding hydrogens is 446 g/mol. The van der Waals surface area contributed by atoms with Crippen LogP contribution in [0.5, 0.6) is 5.75 Å². The maximum absolute atomic E-state index is 12.6. The predicted octanol–water partition coefficient (Wildman–Crippen LogP) is 5.89. The standard InChI is InChI=1S/C24H28ClN3O3S/c1-3-4-5-6-14-31-20-12-10-18(11-13-20)26-22(29)16-21-23(30)28(2)24(32-21)27-19-9-7-8-17(25)15-19/h7-13,15,21H,3-6,14,16H2,1-2H3,(H,26,29)/t21-/m0/s1. The molecule has 0 radical (unpaired) electrons. The number of anilines is 1. The topological polar surface area (TPSA) is 71.0 Å². The van der Waals surface area contributed by atoms with E-state index in [-0.39, 0.29) is 18.2 Å². The lowest BCUT2D eigenvalue weighted by Gasteiger charge is -2.10. The molecule has 1 N–H and O–H groups in total. The lowest BCUT2D eigenvalue weighted by molar-refractivity contribution is -0.127. The van der Waals surface area contributed by atoms with Crippen molar-refractivity contribution in [2.75, 3.05) is 19.0 Å². The van der Waals surface area contributed by atoms with Crippen molar-refractivity contribution in [2.45, 2.75) is 44.3 Å².